The molecule has 2 aromatic carbocycles. The maximum absolute atomic E-state index is 14.7. The number of fused-ring (bicyclic) bond motifs is 3. The van der Waals surface area contributed by atoms with Crippen molar-refractivity contribution in [3.63, 3.8) is 0 Å². The molecule has 7 heteroatoms. The van der Waals surface area contributed by atoms with Crippen LogP contribution in [0.3, 0.4) is 0 Å². The number of halogens is 3. The summed E-state index contributed by atoms with van der Waals surface area (Å²) < 4.78 is 47.2. The molecule has 0 bridgehead atoms. The number of aryl methyl sites for hydroxylation is 1. The largest absolute Gasteiger partial charge is 0.434 e. The zero-order valence-corrected chi connectivity index (χ0v) is 15.2. The Labute approximate surface area is 164 Å². The summed E-state index contributed by atoms with van der Waals surface area (Å²) in [5.74, 6) is 0.580. The fourth-order valence-corrected chi connectivity index (χ4v) is 4.08. The van der Waals surface area contributed by atoms with Crippen LogP contribution in [0.25, 0.3) is 22.2 Å². The molecule has 1 aliphatic rings. The van der Waals surface area contributed by atoms with E-state index < -0.39 is 6.61 Å². The van der Waals surface area contributed by atoms with Crippen LogP contribution in [0.1, 0.15) is 23.9 Å². The SMILES string of the molecule is Fc1cc2nc3n(c2cc1-c1cccnc1)C(c1ccccc1OC(F)F)CC3. The summed E-state index contributed by atoms with van der Waals surface area (Å²) in [5, 5.41) is 0. The maximum atomic E-state index is 14.7. The monoisotopic (exact) mass is 395 g/mol. The summed E-state index contributed by atoms with van der Waals surface area (Å²) in [6, 6.07) is 13.3. The third-order valence-electron chi connectivity index (χ3n) is 5.27. The highest BCUT2D eigenvalue weighted by Gasteiger charge is 2.30. The molecule has 0 aliphatic carbocycles. The van der Waals surface area contributed by atoms with Gasteiger partial charge in [0, 0.05) is 41.6 Å². The van der Waals surface area contributed by atoms with Gasteiger partial charge in [-0.25, -0.2) is 9.37 Å². The van der Waals surface area contributed by atoms with Crippen LogP contribution in [0.5, 0.6) is 5.75 Å². The number of ether oxygens (including phenoxy) is 1. The number of rotatable bonds is 4. The number of pyridine rings is 1. The molecule has 0 fully saturated rings. The van der Waals surface area contributed by atoms with Crippen molar-refractivity contribution in [2.75, 3.05) is 0 Å². The van der Waals surface area contributed by atoms with Crippen molar-refractivity contribution in [2.24, 2.45) is 0 Å². The Balaban J connectivity index is 1.67. The fraction of sp³-hybridized carbons (Fsp3) is 0.182. The first-order valence-corrected chi connectivity index (χ1v) is 9.26. The van der Waals surface area contributed by atoms with Gasteiger partial charge in [-0.15, -0.1) is 0 Å². The molecule has 4 nitrogen and oxygen atoms in total. The van der Waals surface area contributed by atoms with Crippen LogP contribution in [0, 0.1) is 5.82 Å². The summed E-state index contributed by atoms with van der Waals surface area (Å²) in [6.45, 7) is -2.90. The third-order valence-corrected chi connectivity index (χ3v) is 5.27. The van der Waals surface area contributed by atoms with Gasteiger partial charge in [-0.2, -0.15) is 8.78 Å². The van der Waals surface area contributed by atoms with Crippen LogP contribution in [0.15, 0.2) is 60.9 Å². The lowest BCUT2D eigenvalue weighted by Crippen LogP contribution is -2.10. The molecular formula is C22H16F3N3O. The number of aromatic nitrogens is 3. The Morgan fingerprint density at radius 2 is 1.97 bits per heavy atom. The molecular weight excluding hydrogens is 379 g/mol. The molecule has 0 radical (unpaired) electrons. The van der Waals surface area contributed by atoms with E-state index in [0.717, 1.165) is 11.3 Å². The average Bonchev–Trinajstić information content (AvgIpc) is 3.27. The van der Waals surface area contributed by atoms with Gasteiger partial charge < -0.3 is 9.30 Å². The van der Waals surface area contributed by atoms with E-state index in [2.05, 4.69) is 9.97 Å². The Kier molecular flexibility index (Phi) is 4.23. The molecule has 0 amide bonds. The Morgan fingerprint density at radius 1 is 1.10 bits per heavy atom. The normalized spacial score (nSPS) is 15.8. The minimum absolute atomic E-state index is 0.150. The number of hydrogen-bond acceptors (Lipinski definition) is 3. The van der Waals surface area contributed by atoms with Crippen LogP contribution < -0.4 is 4.74 Å². The molecule has 2 aromatic heterocycles. The summed E-state index contributed by atoms with van der Waals surface area (Å²) >= 11 is 0. The smallest absolute Gasteiger partial charge is 0.387 e. The number of para-hydroxylation sites is 1. The summed E-state index contributed by atoms with van der Waals surface area (Å²) in [6.07, 6.45) is 4.62. The standard InChI is InChI=1S/C22H16F3N3O/c23-16-11-17-19(10-15(16)13-4-3-9-26-12-13)28-18(7-8-21(28)27-17)14-5-1-2-6-20(14)29-22(24)25/h1-6,9-12,18,22H,7-8H2. The van der Waals surface area contributed by atoms with Crippen molar-refractivity contribution < 1.29 is 17.9 Å². The van der Waals surface area contributed by atoms with Gasteiger partial charge in [0.2, 0.25) is 0 Å². The fourth-order valence-electron chi connectivity index (χ4n) is 4.08. The van der Waals surface area contributed by atoms with E-state index in [1.807, 2.05) is 4.57 Å². The van der Waals surface area contributed by atoms with Gasteiger partial charge in [0.15, 0.2) is 0 Å². The molecule has 0 spiro atoms. The lowest BCUT2D eigenvalue weighted by molar-refractivity contribution is -0.0506. The number of nitrogens with zero attached hydrogens (tertiary/aromatic N) is 3. The molecule has 3 heterocycles. The third kappa shape index (κ3) is 3.03. The van der Waals surface area contributed by atoms with Gasteiger partial charge in [-0.1, -0.05) is 24.3 Å². The minimum atomic E-state index is -2.90. The molecule has 0 saturated heterocycles. The van der Waals surface area contributed by atoms with E-state index in [1.54, 1.807) is 54.9 Å². The lowest BCUT2D eigenvalue weighted by Gasteiger charge is -2.19. The Morgan fingerprint density at radius 3 is 2.76 bits per heavy atom. The molecule has 0 N–H and O–H groups in total. The minimum Gasteiger partial charge on any atom is -0.434 e. The summed E-state index contributed by atoms with van der Waals surface area (Å²) in [4.78, 5) is 8.64. The van der Waals surface area contributed by atoms with Crippen molar-refractivity contribution in [1.82, 2.24) is 14.5 Å². The molecule has 5 rings (SSSR count). The van der Waals surface area contributed by atoms with Crippen molar-refractivity contribution in [1.29, 1.82) is 0 Å². The van der Waals surface area contributed by atoms with Gasteiger partial charge in [0.05, 0.1) is 17.1 Å². The molecule has 146 valence electrons. The first-order chi connectivity index (χ1) is 14.1. The molecule has 4 aromatic rings. The second-order valence-electron chi connectivity index (χ2n) is 6.93. The number of benzene rings is 2. The van der Waals surface area contributed by atoms with E-state index in [-0.39, 0.29) is 17.6 Å². The van der Waals surface area contributed by atoms with Crippen molar-refractivity contribution in [3.8, 4) is 16.9 Å². The van der Waals surface area contributed by atoms with Crippen LogP contribution in [-0.2, 0) is 6.42 Å². The van der Waals surface area contributed by atoms with Gasteiger partial charge in [-0.3, -0.25) is 4.98 Å². The van der Waals surface area contributed by atoms with Crippen LogP contribution in [0.2, 0.25) is 0 Å². The van der Waals surface area contributed by atoms with Gasteiger partial charge in [0.25, 0.3) is 0 Å². The molecule has 0 saturated carbocycles. The van der Waals surface area contributed by atoms with Crippen LogP contribution in [0.4, 0.5) is 13.2 Å². The highest BCUT2D eigenvalue weighted by atomic mass is 19.3. The number of alkyl halides is 2. The van der Waals surface area contributed by atoms with E-state index in [4.69, 9.17) is 4.74 Å². The summed E-state index contributed by atoms with van der Waals surface area (Å²) in [5.41, 5.74) is 3.06. The van der Waals surface area contributed by atoms with Crippen molar-refractivity contribution in [2.45, 2.75) is 25.5 Å². The highest BCUT2D eigenvalue weighted by Crippen LogP contribution is 2.40. The van der Waals surface area contributed by atoms with E-state index in [0.29, 0.717) is 35.0 Å². The Bertz CT molecular complexity index is 1190. The van der Waals surface area contributed by atoms with Crippen LogP contribution >= 0.6 is 0 Å². The zero-order valence-electron chi connectivity index (χ0n) is 15.2. The lowest BCUT2D eigenvalue weighted by atomic mass is 10.0. The summed E-state index contributed by atoms with van der Waals surface area (Å²) in [7, 11) is 0. The van der Waals surface area contributed by atoms with Crippen molar-refractivity contribution in [3.05, 3.63) is 78.1 Å². The number of imidazole rings is 1. The first-order valence-electron chi connectivity index (χ1n) is 9.26. The Hall–Kier alpha value is -3.35. The quantitative estimate of drug-likeness (QED) is 0.466. The van der Waals surface area contributed by atoms with E-state index in [9.17, 15) is 13.2 Å². The predicted molar refractivity (Wildman–Crippen MR) is 102 cm³/mol. The maximum Gasteiger partial charge on any atom is 0.387 e. The van der Waals surface area contributed by atoms with Gasteiger partial charge in [-0.05, 0) is 24.6 Å². The zero-order chi connectivity index (χ0) is 20.0. The topological polar surface area (TPSA) is 39.9 Å². The number of hydrogen-bond donors (Lipinski definition) is 0. The molecule has 29 heavy (non-hydrogen) atoms. The molecule has 1 atom stereocenters. The molecule has 1 unspecified atom stereocenters. The van der Waals surface area contributed by atoms with Gasteiger partial charge in [0.1, 0.15) is 17.4 Å². The predicted octanol–water partition coefficient (Wildman–Crippen LogP) is 5.37. The van der Waals surface area contributed by atoms with Crippen molar-refractivity contribution >= 4 is 11.0 Å². The second kappa shape index (κ2) is 6.92. The van der Waals surface area contributed by atoms with Gasteiger partial charge >= 0.3 is 6.61 Å². The second-order valence-corrected chi connectivity index (χ2v) is 6.93. The van der Waals surface area contributed by atoms with Crippen LogP contribution in [-0.4, -0.2) is 21.1 Å². The average molecular weight is 395 g/mol. The van der Waals surface area contributed by atoms with E-state index in [1.165, 1.54) is 6.07 Å². The molecule has 1 aliphatic heterocycles. The highest BCUT2D eigenvalue weighted by molar-refractivity contribution is 5.83. The van der Waals surface area contributed by atoms with E-state index >= 15 is 0 Å². The first kappa shape index (κ1) is 17.7.